The van der Waals surface area contributed by atoms with Crippen LogP contribution in [0, 0.1) is 6.92 Å². The molecule has 0 saturated carbocycles. The molecule has 0 aliphatic heterocycles. The SMILES string of the molecule is Cc1ccc(C(NN)c2ccccc2C(C)(C)C)cc1Cl. The first-order valence-electron chi connectivity index (χ1n) is 7.16. The van der Waals surface area contributed by atoms with Crippen molar-refractivity contribution in [3.63, 3.8) is 0 Å². The maximum Gasteiger partial charge on any atom is 0.0713 e. The van der Waals surface area contributed by atoms with Crippen LogP contribution in [0.15, 0.2) is 42.5 Å². The molecule has 0 heterocycles. The van der Waals surface area contributed by atoms with Crippen LogP contribution in [0.3, 0.4) is 0 Å². The fourth-order valence-corrected chi connectivity index (χ4v) is 2.77. The zero-order valence-corrected chi connectivity index (χ0v) is 13.8. The molecule has 0 bridgehead atoms. The minimum atomic E-state index is -0.0708. The van der Waals surface area contributed by atoms with E-state index in [2.05, 4.69) is 50.5 Å². The van der Waals surface area contributed by atoms with Crippen molar-refractivity contribution in [2.24, 2.45) is 5.84 Å². The number of hydrazine groups is 1. The van der Waals surface area contributed by atoms with Crippen molar-refractivity contribution in [3.8, 4) is 0 Å². The van der Waals surface area contributed by atoms with E-state index < -0.39 is 0 Å². The Balaban J connectivity index is 2.54. The maximum atomic E-state index is 6.26. The predicted molar refractivity (Wildman–Crippen MR) is 90.5 cm³/mol. The van der Waals surface area contributed by atoms with Gasteiger partial charge in [0.2, 0.25) is 0 Å². The van der Waals surface area contributed by atoms with Crippen molar-refractivity contribution in [2.75, 3.05) is 0 Å². The van der Waals surface area contributed by atoms with Gasteiger partial charge in [-0.1, -0.05) is 68.8 Å². The average Bonchev–Trinajstić information content (AvgIpc) is 2.43. The van der Waals surface area contributed by atoms with Gasteiger partial charge < -0.3 is 0 Å². The molecule has 112 valence electrons. The van der Waals surface area contributed by atoms with Crippen LogP contribution in [0.25, 0.3) is 0 Å². The summed E-state index contributed by atoms with van der Waals surface area (Å²) in [6.07, 6.45) is 0. The van der Waals surface area contributed by atoms with E-state index in [1.807, 2.05) is 25.1 Å². The summed E-state index contributed by atoms with van der Waals surface area (Å²) in [6.45, 7) is 8.63. The van der Waals surface area contributed by atoms with E-state index in [4.69, 9.17) is 17.4 Å². The Kier molecular flexibility index (Phi) is 4.72. The minimum Gasteiger partial charge on any atom is -0.271 e. The summed E-state index contributed by atoms with van der Waals surface area (Å²) in [4.78, 5) is 0. The molecule has 0 aromatic heterocycles. The summed E-state index contributed by atoms with van der Waals surface area (Å²) >= 11 is 6.26. The second-order valence-electron chi connectivity index (χ2n) is 6.45. The molecule has 3 heteroatoms. The maximum absolute atomic E-state index is 6.26. The zero-order valence-electron chi connectivity index (χ0n) is 13.1. The van der Waals surface area contributed by atoms with Crippen LogP contribution in [0.1, 0.15) is 49.1 Å². The highest BCUT2D eigenvalue weighted by Gasteiger charge is 2.23. The molecule has 3 N–H and O–H groups in total. The number of rotatable bonds is 3. The molecule has 2 aromatic rings. The van der Waals surface area contributed by atoms with Gasteiger partial charge in [-0.05, 0) is 40.7 Å². The fraction of sp³-hybridized carbons (Fsp3) is 0.333. The molecule has 2 aromatic carbocycles. The number of hydrogen-bond acceptors (Lipinski definition) is 2. The molecule has 1 atom stereocenters. The monoisotopic (exact) mass is 302 g/mol. The quantitative estimate of drug-likeness (QED) is 0.647. The Morgan fingerprint density at radius 3 is 2.33 bits per heavy atom. The molecule has 1 unspecified atom stereocenters. The van der Waals surface area contributed by atoms with Crippen molar-refractivity contribution in [1.29, 1.82) is 0 Å². The minimum absolute atomic E-state index is 0.0557. The molecule has 0 saturated heterocycles. The first kappa shape index (κ1) is 16.0. The molecule has 0 amide bonds. The number of aryl methyl sites for hydroxylation is 1. The number of nitrogens with one attached hydrogen (secondary N) is 1. The van der Waals surface area contributed by atoms with Gasteiger partial charge in [-0.3, -0.25) is 5.84 Å². The van der Waals surface area contributed by atoms with Crippen LogP contribution in [-0.4, -0.2) is 0 Å². The highest BCUT2D eigenvalue weighted by molar-refractivity contribution is 6.31. The lowest BCUT2D eigenvalue weighted by Crippen LogP contribution is -2.31. The lowest BCUT2D eigenvalue weighted by atomic mass is 9.80. The second kappa shape index (κ2) is 6.18. The van der Waals surface area contributed by atoms with Crippen molar-refractivity contribution >= 4 is 11.6 Å². The Hall–Kier alpha value is -1.35. The lowest BCUT2D eigenvalue weighted by Gasteiger charge is -2.27. The first-order chi connectivity index (χ1) is 9.84. The van der Waals surface area contributed by atoms with Crippen LogP contribution in [0.5, 0.6) is 0 Å². The van der Waals surface area contributed by atoms with Crippen LogP contribution < -0.4 is 11.3 Å². The van der Waals surface area contributed by atoms with Crippen LogP contribution in [0.4, 0.5) is 0 Å². The van der Waals surface area contributed by atoms with Gasteiger partial charge in [0.1, 0.15) is 0 Å². The van der Waals surface area contributed by atoms with Crippen molar-refractivity contribution in [3.05, 3.63) is 69.7 Å². The molecular weight excluding hydrogens is 280 g/mol. The first-order valence-corrected chi connectivity index (χ1v) is 7.54. The predicted octanol–water partition coefficient (Wildman–Crippen LogP) is 4.50. The van der Waals surface area contributed by atoms with Crippen molar-refractivity contribution in [2.45, 2.75) is 39.2 Å². The summed E-state index contributed by atoms with van der Waals surface area (Å²) in [5.74, 6) is 5.84. The molecule has 2 rings (SSSR count). The van der Waals surface area contributed by atoms with Gasteiger partial charge in [0.25, 0.3) is 0 Å². The van der Waals surface area contributed by atoms with E-state index in [9.17, 15) is 0 Å². The molecular formula is C18H23ClN2. The van der Waals surface area contributed by atoms with Crippen LogP contribution in [0.2, 0.25) is 5.02 Å². The second-order valence-corrected chi connectivity index (χ2v) is 6.85. The fourth-order valence-electron chi connectivity index (χ4n) is 2.59. The van der Waals surface area contributed by atoms with Crippen molar-refractivity contribution < 1.29 is 0 Å². The van der Waals surface area contributed by atoms with Gasteiger partial charge in [-0.15, -0.1) is 0 Å². The van der Waals surface area contributed by atoms with E-state index in [1.165, 1.54) is 11.1 Å². The van der Waals surface area contributed by atoms with Gasteiger partial charge in [0, 0.05) is 5.02 Å². The van der Waals surface area contributed by atoms with E-state index in [-0.39, 0.29) is 11.5 Å². The molecule has 0 aliphatic rings. The molecule has 0 fully saturated rings. The van der Waals surface area contributed by atoms with Crippen LogP contribution >= 0.6 is 11.6 Å². The Bertz CT molecular complexity index is 629. The number of hydrogen-bond donors (Lipinski definition) is 2. The summed E-state index contributed by atoms with van der Waals surface area (Å²) < 4.78 is 0. The highest BCUT2D eigenvalue weighted by Crippen LogP contribution is 2.33. The summed E-state index contributed by atoms with van der Waals surface area (Å²) in [6, 6.07) is 14.4. The molecule has 0 radical (unpaired) electrons. The Labute approximate surface area is 132 Å². The van der Waals surface area contributed by atoms with E-state index in [0.717, 1.165) is 16.1 Å². The van der Waals surface area contributed by atoms with Gasteiger partial charge in [-0.25, -0.2) is 5.43 Å². The number of nitrogens with two attached hydrogens (primary N) is 1. The summed E-state index contributed by atoms with van der Waals surface area (Å²) in [7, 11) is 0. The topological polar surface area (TPSA) is 38.0 Å². The largest absolute Gasteiger partial charge is 0.271 e. The van der Waals surface area contributed by atoms with E-state index >= 15 is 0 Å². The highest BCUT2D eigenvalue weighted by atomic mass is 35.5. The van der Waals surface area contributed by atoms with E-state index in [1.54, 1.807) is 0 Å². The summed E-state index contributed by atoms with van der Waals surface area (Å²) in [5, 5.41) is 0.765. The third kappa shape index (κ3) is 3.46. The molecule has 2 nitrogen and oxygen atoms in total. The van der Waals surface area contributed by atoms with Gasteiger partial charge in [0.05, 0.1) is 6.04 Å². The average molecular weight is 303 g/mol. The number of benzene rings is 2. The third-order valence-corrected chi connectivity index (χ3v) is 4.18. The smallest absolute Gasteiger partial charge is 0.0713 e. The number of halogens is 1. The normalized spacial score (nSPS) is 13.2. The molecule has 21 heavy (non-hydrogen) atoms. The van der Waals surface area contributed by atoms with Gasteiger partial charge in [0.15, 0.2) is 0 Å². The van der Waals surface area contributed by atoms with Crippen molar-refractivity contribution in [1.82, 2.24) is 5.43 Å². The zero-order chi connectivity index (χ0) is 15.6. The van der Waals surface area contributed by atoms with Gasteiger partial charge >= 0.3 is 0 Å². The Morgan fingerprint density at radius 2 is 1.76 bits per heavy atom. The van der Waals surface area contributed by atoms with Crippen LogP contribution in [-0.2, 0) is 5.41 Å². The molecule has 0 spiro atoms. The Morgan fingerprint density at radius 1 is 1.10 bits per heavy atom. The standard InChI is InChI=1S/C18H23ClN2/c1-12-9-10-13(11-16(12)19)17(21-20)14-7-5-6-8-15(14)18(2,3)4/h5-11,17,21H,20H2,1-4H3. The lowest BCUT2D eigenvalue weighted by molar-refractivity contribution is 0.558. The summed E-state index contributed by atoms with van der Waals surface area (Å²) in [5.41, 5.74) is 7.60. The molecule has 0 aliphatic carbocycles. The third-order valence-electron chi connectivity index (χ3n) is 3.78. The van der Waals surface area contributed by atoms with Gasteiger partial charge in [-0.2, -0.15) is 0 Å². The van der Waals surface area contributed by atoms with E-state index in [0.29, 0.717) is 0 Å².